The SMILES string of the molecule is O=S(=O)(Cl)Cc1ccc(C2CCOCC2)c(Cl)c1. The fourth-order valence-corrected chi connectivity index (χ4v) is 3.51. The van der Waals surface area contributed by atoms with Crippen molar-refractivity contribution in [3.05, 3.63) is 34.3 Å². The van der Waals surface area contributed by atoms with Gasteiger partial charge in [0.15, 0.2) is 0 Å². The second-order valence-electron chi connectivity index (χ2n) is 4.43. The summed E-state index contributed by atoms with van der Waals surface area (Å²) in [4.78, 5) is 0. The summed E-state index contributed by atoms with van der Waals surface area (Å²) >= 11 is 6.21. The van der Waals surface area contributed by atoms with E-state index in [1.165, 1.54) is 0 Å². The van der Waals surface area contributed by atoms with Crippen LogP contribution in [0.2, 0.25) is 5.02 Å². The van der Waals surface area contributed by atoms with Gasteiger partial charge in [-0.3, -0.25) is 0 Å². The lowest BCUT2D eigenvalue weighted by Gasteiger charge is -2.23. The molecular formula is C12H14Cl2O3S. The molecule has 0 bridgehead atoms. The first-order valence-corrected chi connectivity index (χ1v) is 8.60. The Morgan fingerprint density at radius 1 is 1.28 bits per heavy atom. The van der Waals surface area contributed by atoms with E-state index in [-0.39, 0.29) is 5.75 Å². The molecule has 1 aliphatic heterocycles. The van der Waals surface area contributed by atoms with Gasteiger partial charge in [-0.2, -0.15) is 0 Å². The van der Waals surface area contributed by atoms with Gasteiger partial charge < -0.3 is 4.74 Å². The topological polar surface area (TPSA) is 43.4 Å². The first-order chi connectivity index (χ1) is 8.46. The average molecular weight is 309 g/mol. The molecule has 1 aliphatic rings. The number of halogens is 2. The maximum atomic E-state index is 11.0. The molecule has 1 saturated heterocycles. The highest BCUT2D eigenvalue weighted by molar-refractivity contribution is 8.13. The van der Waals surface area contributed by atoms with Crippen molar-refractivity contribution >= 4 is 31.3 Å². The van der Waals surface area contributed by atoms with Gasteiger partial charge in [0, 0.05) is 28.9 Å². The Balaban J connectivity index is 2.19. The van der Waals surface area contributed by atoms with Crippen molar-refractivity contribution in [2.75, 3.05) is 13.2 Å². The molecule has 1 fully saturated rings. The summed E-state index contributed by atoms with van der Waals surface area (Å²) in [7, 11) is 1.68. The zero-order chi connectivity index (χ0) is 13.2. The molecule has 0 atom stereocenters. The van der Waals surface area contributed by atoms with E-state index in [0.29, 0.717) is 16.5 Å². The molecule has 1 aromatic rings. The Bertz CT molecular complexity index is 522. The second kappa shape index (κ2) is 5.78. The van der Waals surface area contributed by atoms with Crippen LogP contribution in [0.25, 0.3) is 0 Å². The van der Waals surface area contributed by atoms with E-state index in [4.69, 9.17) is 27.0 Å². The zero-order valence-corrected chi connectivity index (χ0v) is 12.1. The summed E-state index contributed by atoms with van der Waals surface area (Å²) in [5, 5.41) is 0.611. The summed E-state index contributed by atoms with van der Waals surface area (Å²) in [6.07, 6.45) is 1.90. The van der Waals surface area contributed by atoms with Gasteiger partial charge in [-0.25, -0.2) is 8.42 Å². The van der Waals surface area contributed by atoms with Gasteiger partial charge in [-0.05, 0) is 36.0 Å². The van der Waals surface area contributed by atoms with Crippen molar-refractivity contribution in [2.45, 2.75) is 24.5 Å². The van der Waals surface area contributed by atoms with Gasteiger partial charge in [-0.1, -0.05) is 23.7 Å². The van der Waals surface area contributed by atoms with Crippen LogP contribution < -0.4 is 0 Å². The fourth-order valence-electron chi connectivity index (χ4n) is 2.20. The molecule has 0 saturated carbocycles. The van der Waals surface area contributed by atoms with Gasteiger partial charge >= 0.3 is 0 Å². The third-order valence-electron chi connectivity index (χ3n) is 3.07. The summed E-state index contributed by atoms with van der Waals surface area (Å²) in [6.45, 7) is 1.50. The van der Waals surface area contributed by atoms with Crippen molar-refractivity contribution in [1.82, 2.24) is 0 Å². The lowest BCUT2D eigenvalue weighted by molar-refractivity contribution is 0.0853. The Morgan fingerprint density at radius 2 is 1.94 bits per heavy atom. The van der Waals surface area contributed by atoms with Crippen LogP contribution in [-0.4, -0.2) is 21.6 Å². The number of rotatable bonds is 3. The van der Waals surface area contributed by atoms with Gasteiger partial charge in [-0.15, -0.1) is 0 Å². The molecule has 2 rings (SSSR count). The maximum absolute atomic E-state index is 11.0. The Hall–Kier alpha value is -0.290. The third-order valence-corrected chi connectivity index (χ3v) is 4.40. The minimum Gasteiger partial charge on any atom is -0.381 e. The quantitative estimate of drug-likeness (QED) is 0.805. The van der Waals surface area contributed by atoms with Crippen molar-refractivity contribution in [3.63, 3.8) is 0 Å². The van der Waals surface area contributed by atoms with Crippen LogP contribution in [0.15, 0.2) is 18.2 Å². The molecule has 0 amide bonds. The van der Waals surface area contributed by atoms with Crippen LogP contribution in [0.1, 0.15) is 29.9 Å². The molecule has 0 aromatic heterocycles. The highest BCUT2D eigenvalue weighted by atomic mass is 35.7. The van der Waals surface area contributed by atoms with Gasteiger partial charge in [0.2, 0.25) is 9.05 Å². The van der Waals surface area contributed by atoms with Crippen LogP contribution in [0.5, 0.6) is 0 Å². The van der Waals surface area contributed by atoms with E-state index in [0.717, 1.165) is 31.6 Å². The normalized spacial score (nSPS) is 17.9. The van der Waals surface area contributed by atoms with Crippen molar-refractivity contribution in [3.8, 4) is 0 Å². The number of hydrogen-bond acceptors (Lipinski definition) is 3. The number of hydrogen-bond donors (Lipinski definition) is 0. The first kappa shape index (κ1) is 14.1. The van der Waals surface area contributed by atoms with E-state index >= 15 is 0 Å². The van der Waals surface area contributed by atoms with E-state index in [2.05, 4.69) is 0 Å². The van der Waals surface area contributed by atoms with Crippen LogP contribution in [-0.2, 0) is 19.5 Å². The average Bonchev–Trinajstić information content (AvgIpc) is 2.28. The van der Waals surface area contributed by atoms with E-state index in [1.807, 2.05) is 6.07 Å². The summed E-state index contributed by atoms with van der Waals surface area (Å²) in [6, 6.07) is 5.36. The molecule has 1 aromatic carbocycles. The third kappa shape index (κ3) is 3.85. The van der Waals surface area contributed by atoms with Crippen LogP contribution in [0.4, 0.5) is 0 Å². The molecular weight excluding hydrogens is 295 g/mol. The fraction of sp³-hybridized carbons (Fsp3) is 0.500. The second-order valence-corrected chi connectivity index (χ2v) is 7.61. The lowest BCUT2D eigenvalue weighted by Crippen LogP contribution is -2.14. The maximum Gasteiger partial charge on any atom is 0.236 e. The molecule has 6 heteroatoms. The molecule has 1 heterocycles. The monoisotopic (exact) mass is 308 g/mol. The predicted molar refractivity (Wildman–Crippen MR) is 72.7 cm³/mol. The molecule has 0 N–H and O–H groups in total. The van der Waals surface area contributed by atoms with Crippen LogP contribution in [0.3, 0.4) is 0 Å². The standard InChI is InChI=1S/C12H14Cl2O3S/c13-12-7-9(8-18(14,15)16)1-2-11(12)10-3-5-17-6-4-10/h1-2,7,10H,3-6,8H2. The summed E-state index contributed by atoms with van der Waals surface area (Å²) in [5.74, 6) is 0.204. The highest BCUT2D eigenvalue weighted by Gasteiger charge is 2.19. The zero-order valence-electron chi connectivity index (χ0n) is 9.73. The molecule has 18 heavy (non-hydrogen) atoms. The Labute approximate surface area is 116 Å². The van der Waals surface area contributed by atoms with E-state index in [1.54, 1.807) is 12.1 Å². The molecule has 100 valence electrons. The first-order valence-electron chi connectivity index (χ1n) is 5.74. The minimum absolute atomic E-state index is 0.192. The largest absolute Gasteiger partial charge is 0.381 e. The molecule has 0 unspecified atom stereocenters. The lowest BCUT2D eigenvalue weighted by atomic mass is 9.91. The smallest absolute Gasteiger partial charge is 0.236 e. The van der Waals surface area contributed by atoms with Gasteiger partial charge in [0.05, 0.1) is 5.75 Å². The van der Waals surface area contributed by atoms with E-state index < -0.39 is 9.05 Å². The Kier molecular flexibility index (Phi) is 4.54. The Morgan fingerprint density at radius 3 is 2.50 bits per heavy atom. The summed E-state index contributed by atoms with van der Waals surface area (Å²) in [5.41, 5.74) is 1.68. The predicted octanol–water partition coefficient (Wildman–Crippen LogP) is 3.30. The van der Waals surface area contributed by atoms with Crippen LogP contribution >= 0.6 is 22.3 Å². The molecule has 3 nitrogen and oxygen atoms in total. The number of benzene rings is 1. The summed E-state index contributed by atoms with van der Waals surface area (Å²) < 4.78 is 27.3. The van der Waals surface area contributed by atoms with Crippen LogP contribution in [0, 0.1) is 0 Å². The van der Waals surface area contributed by atoms with Gasteiger partial charge in [0.25, 0.3) is 0 Å². The van der Waals surface area contributed by atoms with Gasteiger partial charge in [0.1, 0.15) is 0 Å². The molecule has 0 spiro atoms. The molecule has 0 aliphatic carbocycles. The molecule has 0 radical (unpaired) electrons. The van der Waals surface area contributed by atoms with E-state index in [9.17, 15) is 8.42 Å². The number of ether oxygens (including phenoxy) is 1. The van der Waals surface area contributed by atoms with Crippen molar-refractivity contribution in [2.24, 2.45) is 0 Å². The van der Waals surface area contributed by atoms with Crippen molar-refractivity contribution in [1.29, 1.82) is 0 Å². The van der Waals surface area contributed by atoms with Crippen molar-refractivity contribution < 1.29 is 13.2 Å². The highest BCUT2D eigenvalue weighted by Crippen LogP contribution is 2.33. The minimum atomic E-state index is -3.54.